The van der Waals surface area contributed by atoms with Crippen molar-refractivity contribution in [3.8, 4) is 6.07 Å². The number of alkyl halides is 1. The maximum Gasteiger partial charge on any atom is 0.281 e. The molecule has 0 saturated carbocycles. The molecule has 1 aliphatic rings. The smallest absolute Gasteiger partial charge is 0.197 e. The van der Waals surface area contributed by atoms with Crippen LogP contribution in [0.2, 0.25) is 0 Å². The fraction of sp³-hybridized carbons (Fsp3) is 0.857. The molecule has 0 radical (unpaired) electrons. The summed E-state index contributed by atoms with van der Waals surface area (Å²) in [5.74, 6) is 0. The summed E-state index contributed by atoms with van der Waals surface area (Å²) in [5, 5.41) is 7.70. The van der Waals surface area contributed by atoms with Gasteiger partial charge in [0.2, 0.25) is 0 Å². The molecule has 1 atom stereocenters. The predicted octanol–water partition coefficient (Wildman–Crippen LogP) is -0.000320. The second kappa shape index (κ2) is 4.45. The van der Waals surface area contributed by atoms with Crippen LogP contribution in [0.15, 0.2) is 0 Å². The molecule has 0 spiro atoms. The van der Waals surface area contributed by atoms with Crippen LogP contribution >= 0.6 is 11.6 Å². The summed E-state index contributed by atoms with van der Waals surface area (Å²) in [6.07, 6.45) is 0.769. The highest BCUT2D eigenvalue weighted by atomic mass is 35.5. The fourth-order valence-electron chi connectivity index (χ4n) is 1.30. The quantitative estimate of drug-likeness (QED) is 0.635. The van der Waals surface area contributed by atoms with Crippen LogP contribution in [0.5, 0.6) is 0 Å². The molecule has 1 unspecified atom stereocenters. The average Bonchev–Trinajstić information content (AvgIpc) is 2.13. The van der Waals surface area contributed by atoms with Crippen LogP contribution in [-0.2, 0) is 10.2 Å². The first-order chi connectivity index (χ1) is 6.48. The summed E-state index contributed by atoms with van der Waals surface area (Å²) >= 11 is 5.59. The van der Waals surface area contributed by atoms with Gasteiger partial charge in [-0.3, -0.25) is 0 Å². The predicted molar refractivity (Wildman–Crippen MR) is 53.0 cm³/mol. The van der Waals surface area contributed by atoms with Crippen molar-refractivity contribution in [3.63, 3.8) is 0 Å². The number of nitriles is 1. The Kier molecular flexibility index (Phi) is 3.72. The third kappa shape index (κ3) is 2.36. The second-order valence-corrected chi connectivity index (χ2v) is 5.70. The Morgan fingerprint density at radius 1 is 1.57 bits per heavy atom. The van der Waals surface area contributed by atoms with Crippen molar-refractivity contribution in [2.75, 3.05) is 26.7 Å². The third-order valence-electron chi connectivity index (χ3n) is 2.10. The van der Waals surface area contributed by atoms with Gasteiger partial charge in [0, 0.05) is 26.7 Å². The maximum atomic E-state index is 11.6. The standard InChI is InChI=1S/C7H12ClN3O2S/c1-10-3-2-4-11(14(10,12)13)6-7(8)5-9/h7H,2-4,6H2,1H3. The van der Waals surface area contributed by atoms with Gasteiger partial charge in [-0.1, -0.05) is 0 Å². The highest BCUT2D eigenvalue weighted by molar-refractivity contribution is 7.86. The molecule has 0 aromatic carbocycles. The molecular weight excluding hydrogens is 226 g/mol. The van der Waals surface area contributed by atoms with E-state index in [0.717, 1.165) is 6.42 Å². The lowest BCUT2D eigenvalue weighted by atomic mass is 10.4. The Morgan fingerprint density at radius 3 is 2.79 bits per heavy atom. The molecule has 14 heavy (non-hydrogen) atoms. The molecule has 5 nitrogen and oxygen atoms in total. The maximum absolute atomic E-state index is 11.6. The molecule has 1 saturated heterocycles. The van der Waals surface area contributed by atoms with Gasteiger partial charge in [-0.05, 0) is 6.42 Å². The largest absolute Gasteiger partial charge is 0.281 e. The summed E-state index contributed by atoms with van der Waals surface area (Å²) in [7, 11) is -1.85. The monoisotopic (exact) mass is 237 g/mol. The van der Waals surface area contributed by atoms with Crippen LogP contribution in [0.3, 0.4) is 0 Å². The van der Waals surface area contributed by atoms with Gasteiger partial charge in [0.1, 0.15) is 5.38 Å². The Balaban J connectivity index is 2.74. The van der Waals surface area contributed by atoms with Crippen molar-refractivity contribution in [1.29, 1.82) is 5.26 Å². The molecule has 0 aromatic heterocycles. The Morgan fingerprint density at radius 2 is 2.21 bits per heavy atom. The minimum atomic E-state index is -3.38. The Hall–Kier alpha value is -0.350. The molecule has 7 heteroatoms. The van der Waals surface area contributed by atoms with E-state index in [0.29, 0.717) is 13.1 Å². The SMILES string of the molecule is CN1CCCN(CC(Cl)C#N)S1(=O)=O. The lowest BCUT2D eigenvalue weighted by Crippen LogP contribution is -2.49. The number of hydrogen-bond acceptors (Lipinski definition) is 3. The van der Waals surface area contributed by atoms with Crippen LogP contribution < -0.4 is 0 Å². The van der Waals surface area contributed by atoms with E-state index < -0.39 is 15.6 Å². The lowest BCUT2D eigenvalue weighted by molar-refractivity contribution is 0.311. The van der Waals surface area contributed by atoms with Crippen LogP contribution in [0.25, 0.3) is 0 Å². The average molecular weight is 238 g/mol. The van der Waals surface area contributed by atoms with Crippen molar-refractivity contribution >= 4 is 21.8 Å². The van der Waals surface area contributed by atoms with E-state index in [1.165, 1.54) is 15.7 Å². The first-order valence-corrected chi connectivity index (χ1v) is 6.07. The number of hydrogen-bond donors (Lipinski definition) is 0. The molecule has 0 N–H and O–H groups in total. The van der Waals surface area contributed by atoms with E-state index in [2.05, 4.69) is 0 Å². The number of rotatable bonds is 2. The highest BCUT2D eigenvalue weighted by Gasteiger charge is 2.31. The van der Waals surface area contributed by atoms with Crippen LogP contribution in [0.4, 0.5) is 0 Å². The second-order valence-electron chi connectivity index (χ2n) is 3.14. The number of halogens is 1. The van der Waals surface area contributed by atoms with Gasteiger partial charge in [-0.2, -0.15) is 22.3 Å². The minimum absolute atomic E-state index is 0.0602. The molecule has 1 aliphatic heterocycles. The molecular formula is C7H12ClN3O2S. The summed E-state index contributed by atoms with van der Waals surface area (Å²) in [5.41, 5.74) is 0. The normalized spacial score (nSPS) is 25.5. The van der Waals surface area contributed by atoms with Crippen LogP contribution in [-0.4, -0.2) is 49.1 Å². The van der Waals surface area contributed by atoms with E-state index in [1.807, 2.05) is 0 Å². The molecule has 0 aromatic rings. The van der Waals surface area contributed by atoms with Crippen molar-refractivity contribution < 1.29 is 8.42 Å². The third-order valence-corrected chi connectivity index (χ3v) is 4.29. The summed E-state index contributed by atoms with van der Waals surface area (Å²) < 4.78 is 25.8. The first-order valence-electron chi connectivity index (χ1n) is 4.23. The highest BCUT2D eigenvalue weighted by Crippen LogP contribution is 2.15. The van der Waals surface area contributed by atoms with Gasteiger partial charge in [-0.25, -0.2) is 0 Å². The van der Waals surface area contributed by atoms with E-state index >= 15 is 0 Å². The fourth-order valence-corrected chi connectivity index (χ4v) is 3.00. The van der Waals surface area contributed by atoms with Crippen LogP contribution in [0, 0.1) is 11.3 Å². The van der Waals surface area contributed by atoms with E-state index in [-0.39, 0.29) is 6.54 Å². The van der Waals surface area contributed by atoms with Gasteiger partial charge in [0.25, 0.3) is 10.2 Å². The molecule has 0 aliphatic carbocycles. The summed E-state index contributed by atoms with van der Waals surface area (Å²) in [4.78, 5) is 0. The first kappa shape index (κ1) is 11.7. The van der Waals surface area contributed by atoms with Gasteiger partial charge >= 0.3 is 0 Å². The summed E-state index contributed by atoms with van der Waals surface area (Å²) in [6.45, 7) is 1.03. The van der Waals surface area contributed by atoms with Gasteiger partial charge < -0.3 is 0 Å². The van der Waals surface area contributed by atoms with E-state index in [1.54, 1.807) is 6.07 Å². The summed E-state index contributed by atoms with van der Waals surface area (Å²) in [6, 6.07) is 1.81. The molecule has 1 heterocycles. The van der Waals surface area contributed by atoms with E-state index in [4.69, 9.17) is 16.9 Å². The van der Waals surface area contributed by atoms with Crippen molar-refractivity contribution in [1.82, 2.24) is 8.61 Å². The zero-order valence-corrected chi connectivity index (χ0v) is 9.42. The number of nitrogens with zero attached hydrogens (tertiary/aromatic N) is 3. The minimum Gasteiger partial charge on any atom is -0.197 e. The topological polar surface area (TPSA) is 64.4 Å². The Labute approximate surface area is 89.0 Å². The van der Waals surface area contributed by atoms with Crippen molar-refractivity contribution in [3.05, 3.63) is 0 Å². The lowest BCUT2D eigenvalue weighted by Gasteiger charge is -2.32. The zero-order valence-electron chi connectivity index (χ0n) is 7.85. The zero-order chi connectivity index (χ0) is 10.8. The molecule has 1 fully saturated rings. The van der Waals surface area contributed by atoms with Crippen molar-refractivity contribution in [2.45, 2.75) is 11.8 Å². The Bertz CT molecular complexity index is 337. The van der Waals surface area contributed by atoms with Gasteiger partial charge in [-0.15, -0.1) is 11.6 Å². The van der Waals surface area contributed by atoms with Gasteiger partial charge in [0.15, 0.2) is 0 Å². The van der Waals surface area contributed by atoms with Crippen molar-refractivity contribution in [2.24, 2.45) is 0 Å². The van der Waals surface area contributed by atoms with E-state index in [9.17, 15) is 8.42 Å². The molecule has 0 amide bonds. The van der Waals surface area contributed by atoms with Gasteiger partial charge in [0.05, 0.1) is 6.07 Å². The van der Waals surface area contributed by atoms with Crippen LogP contribution in [0.1, 0.15) is 6.42 Å². The molecule has 1 rings (SSSR count). The molecule has 0 bridgehead atoms. The molecule has 80 valence electrons.